The molecule has 1 aromatic heterocycles. The van der Waals surface area contributed by atoms with Crippen molar-refractivity contribution in [3.8, 4) is 11.5 Å². The number of sulfonamides is 1. The van der Waals surface area contributed by atoms with Gasteiger partial charge in [0.2, 0.25) is 0 Å². The first-order chi connectivity index (χ1) is 18.1. The molecule has 1 heterocycles. The van der Waals surface area contributed by atoms with Crippen LogP contribution in [0.15, 0.2) is 71.1 Å². The smallest absolute Gasteiger partial charge is 0.266 e. The number of thiazole rings is 1. The number of hydrogen-bond acceptors (Lipinski definition) is 7. The fourth-order valence-corrected chi connectivity index (χ4v) is 6.82. The first kappa shape index (κ1) is 27.7. The van der Waals surface area contributed by atoms with Crippen molar-refractivity contribution in [1.29, 1.82) is 0 Å². The Bertz CT molecular complexity index is 1530. The quantitative estimate of drug-likeness (QED) is 0.223. The summed E-state index contributed by atoms with van der Waals surface area (Å²) in [5, 5.41) is 5.39. The zero-order valence-corrected chi connectivity index (χ0v) is 23.6. The summed E-state index contributed by atoms with van der Waals surface area (Å²) in [6, 6.07) is 14.3. The standard InChI is InChI=1S/C27H27ClFN3O4S2/c1-17-13-24(31-18(2)21-7-5-6-8-23(21)29)22(28)15-26(17)38(33,34)32(27-30-11-12-37-27)16-19-9-10-20(35-3)14-25(19)36-4/h5-15,18,31H,16H2,1-4H3. The molecule has 11 heteroatoms. The van der Waals surface area contributed by atoms with Crippen molar-refractivity contribution in [2.75, 3.05) is 23.8 Å². The van der Waals surface area contributed by atoms with Crippen LogP contribution in [-0.4, -0.2) is 27.6 Å². The second-order valence-corrected chi connectivity index (χ2v) is 11.6. The number of hydrogen-bond donors (Lipinski definition) is 1. The van der Waals surface area contributed by atoms with Crippen molar-refractivity contribution in [2.45, 2.75) is 31.3 Å². The molecule has 4 rings (SSSR count). The number of halogens is 2. The Labute approximate surface area is 230 Å². The topological polar surface area (TPSA) is 80.8 Å². The Balaban J connectivity index is 1.70. The molecule has 0 saturated heterocycles. The molecule has 0 aliphatic carbocycles. The van der Waals surface area contributed by atoms with E-state index in [0.717, 1.165) is 0 Å². The number of anilines is 2. The van der Waals surface area contributed by atoms with Gasteiger partial charge in [-0.25, -0.2) is 22.1 Å². The van der Waals surface area contributed by atoms with Crippen LogP contribution in [0.3, 0.4) is 0 Å². The van der Waals surface area contributed by atoms with Gasteiger partial charge in [-0.05, 0) is 49.7 Å². The fraction of sp³-hybridized carbons (Fsp3) is 0.222. The first-order valence-electron chi connectivity index (χ1n) is 11.6. The predicted molar refractivity (Wildman–Crippen MR) is 150 cm³/mol. The van der Waals surface area contributed by atoms with Crippen LogP contribution in [-0.2, 0) is 16.6 Å². The van der Waals surface area contributed by atoms with Crippen LogP contribution in [0.4, 0.5) is 15.2 Å². The van der Waals surface area contributed by atoms with Crippen LogP contribution in [0, 0.1) is 12.7 Å². The van der Waals surface area contributed by atoms with Crippen molar-refractivity contribution in [1.82, 2.24) is 4.98 Å². The van der Waals surface area contributed by atoms with Crippen LogP contribution in [0.1, 0.15) is 29.7 Å². The summed E-state index contributed by atoms with van der Waals surface area (Å²) in [4.78, 5) is 4.30. The molecule has 3 aromatic carbocycles. The van der Waals surface area contributed by atoms with Gasteiger partial charge in [0, 0.05) is 28.8 Å². The van der Waals surface area contributed by atoms with Gasteiger partial charge in [-0.3, -0.25) is 0 Å². The number of nitrogens with one attached hydrogen (secondary N) is 1. The molecule has 0 fully saturated rings. The number of aromatic nitrogens is 1. The van der Waals surface area contributed by atoms with Gasteiger partial charge in [0.15, 0.2) is 5.13 Å². The molecule has 7 nitrogen and oxygen atoms in total. The third kappa shape index (κ3) is 5.72. The van der Waals surface area contributed by atoms with Gasteiger partial charge < -0.3 is 14.8 Å². The van der Waals surface area contributed by atoms with E-state index >= 15 is 0 Å². The highest BCUT2D eigenvalue weighted by Crippen LogP contribution is 2.36. The lowest BCUT2D eigenvalue weighted by molar-refractivity contribution is 0.391. The number of nitrogens with zero attached hydrogens (tertiary/aromatic N) is 2. The van der Waals surface area contributed by atoms with Gasteiger partial charge in [0.05, 0.1) is 42.4 Å². The third-order valence-electron chi connectivity index (χ3n) is 6.02. The van der Waals surface area contributed by atoms with Crippen LogP contribution in [0.2, 0.25) is 5.02 Å². The largest absolute Gasteiger partial charge is 0.497 e. The molecular weight excluding hydrogens is 549 g/mol. The van der Waals surface area contributed by atoms with Crippen molar-refractivity contribution < 1.29 is 22.3 Å². The van der Waals surface area contributed by atoms with E-state index in [9.17, 15) is 12.8 Å². The van der Waals surface area contributed by atoms with E-state index in [4.69, 9.17) is 21.1 Å². The summed E-state index contributed by atoms with van der Waals surface area (Å²) >= 11 is 7.77. The SMILES string of the molecule is COc1ccc(CN(c2nccs2)S(=O)(=O)c2cc(Cl)c(NC(C)c3ccccc3F)cc2C)c(OC)c1. The summed E-state index contributed by atoms with van der Waals surface area (Å²) in [5.74, 6) is 0.731. The lowest BCUT2D eigenvalue weighted by atomic mass is 10.1. The molecule has 4 aromatic rings. The maximum Gasteiger partial charge on any atom is 0.266 e. The van der Waals surface area contributed by atoms with Crippen LogP contribution >= 0.6 is 22.9 Å². The molecule has 38 heavy (non-hydrogen) atoms. The number of ether oxygens (including phenoxy) is 2. The summed E-state index contributed by atoms with van der Waals surface area (Å²) in [6.45, 7) is 3.47. The Morgan fingerprint density at radius 3 is 2.55 bits per heavy atom. The molecule has 0 spiro atoms. The van der Waals surface area contributed by atoms with Crippen LogP contribution in [0.5, 0.6) is 11.5 Å². The molecule has 1 N–H and O–H groups in total. The Morgan fingerprint density at radius 2 is 1.89 bits per heavy atom. The monoisotopic (exact) mass is 575 g/mol. The number of benzene rings is 3. The van der Waals surface area contributed by atoms with E-state index < -0.39 is 16.1 Å². The predicted octanol–water partition coefficient (Wildman–Crippen LogP) is 6.83. The van der Waals surface area contributed by atoms with Crippen LogP contribution in [0.25, 0.3) is 0 Å². The molecule has 0 saturated carbocycles. The molecule has 0 amide bonds. The van der Waals surface area contributed by atoms with Gasteiger partial charge in [-0.1, -0.05) is 29.8 Å². The van der Waals surface area contributed by atoms with Gasteiger partial charge in [-0.2, -0.15) is 0 Å². The highest BCUT2D eigenvalue weighted by molar-refractivity contribution is 7.93. The minimum absolute atomic E-state index is 0.0234. The highest BCUT2D eigenvalue weighted by Gasteiger charge is 2.30. The normalized spacial score (nSPS) is 12.2. The highest BCUT2D eigenvalue weighted by atomic mass is 35.5. The lowest BCUT2D eigenvalue weighted by Crippen LogP contribution is -2.31. The fourth-order valence-electron chi connectivity index (χ4n) is 4.04. The molecule has 0 radical (unpaired) electrons. The molecule has 0 bridgehead atoms. The number of methoxy groups -OCH3 is 2. The third-order valence-corrected chi connectivity index (χ3v) is 9.12. The molecular formula is C27H27ClFN3O4S2. The van der Waals surface area contributed by atoms with E-state index in [1.54, 1.807) is 75.0 Å². The van der Waals surface area contributed by atoms with E-state index in [1.807, 2.05) is 0 Å². The van der Waals surface area contributed by atoms with Gasteiger partial charge in [0.25, 0.3) is 10.0 Å². The van der Waals surface area contributed by atoms with Crippen molar-refractivity contribution >= 4 is 43.8 Å². The molecule has 1 unspecified atom stereocenters. The van der Waals surface area contributed by atoms with Crippen molar-refractivity contribution in [2.24, 2.45) is 0 Å². The van der Waals surface area contributed by atoms with Gasteiger partial charge in [-0.15, -0.1) is 11.3 Å². The van der Waals surface area contributed by atoms with E-state index in [1.165, 1.54) is 34.9 Å². The van der Waals surface area contributed by atoms with E-state index in [-0.39, 0.29) is 22.3 Å². The van der Waals surface area contributed by atoms with Gasteiger partial charge >= 0.3 is 0 Å². The molecule has 0 aliphatic rings. The Hall–Kier alpha value is -3.34. The average Bonchev–Trinajstić information content (AvgIpc) is 3.43. The summed E-state index contributed by atoms with van der Waals surface area (Å²) in [6.07, 6.45) is 1.55. The van der Waals surface area contributed by atoms with E-state index in [0.29, 0.717) is 39.0 Å². The molecule has 200 valence electrons. The average molecular weight is 576 g/mol. The van der Waals surface area contributed by atoms with E-state index in [2.05, 4.69) is 10.3 Å². The summed E-state index contributed by atoms with van der Waals surface area (Å²) in [7, 11) is -1.04. The number of aryl methyl sites for hydroxylation is 1. The zero-order valence-electron chi connectivity index (χ0n) is 21.2. The maximum atomic E-state index is 14.3. The maximum absolute atomic E-state index is 14.3. The Kier molecular flexibility index (Phi) is 8.44. The summed E-state index contributed by atoms with van der Waals surface area (Å²) < 4.78 is 54.3. The first-order valence-corrected chi connectivity index (χ1v) is 14.3. The van der Waals surface area contributed by atoms with Crippen molar-refractivity contribution in [3.63, 3.8) is 0 Å². The zero-order chi connectivity index (χ0) is 27.4. The molecule has 0 aliphatic heterocycles. The van der Waals surface area contributed by atoms with Gasteiger partial charge in [0.1, 0.15) is 17.3 Å². The van der Waals surface area contributed by atoms with Crippen molar-refractivity contribution in [3.05, 3.63) is 93.7 Å². The summed E-state index contributed by atoms with van der Waals surface area (Å²) in [5.41, 5.74) is 2.08. The Morgan fingerprint density at radius 1 is 1.13 bits per heavy atom. The second-order valence-electron chi connectivity index (χ2n) is 8.49. The second kappa shape index (κ2) is 11.6. The minimum Gasteiger partial charge on any atom is -0.497 e. The molecule has 1 atom stereocenters. The van der Waals surface area contributed by atoms with Crippen LogP contribution < -0.4 is 19.1 Å². The lowest BCUT2D eigenvalue weighted by Gasteiger charge is -2.25. The minimum atomic E-state index is -4.10. The number of rotatable bonds is 10.